The van der Waals surface area contributed by atoms with Crippen molar-refractivity contribution < 1.29 is 4.74 Å². The van der Waals surface area contributed by atoms with Crippen LogP contribution in [0.2, 0.25) is 0 Å². The van der Waals surface area contributed by atoms with Crippen LogP contribution in [-0.2, 0) is 0 Å². The van der Waals surface area contributed by atoms with Gasteiger partial charge in [0.25, 0.3) is 0 Å². The molecule has 5 heteroatoms. The number of hydrogen-bond donors (Lipinski definition) is 2. The molecule has 1 fully saturated rings. The maximum absolute atomic E-state index is 5.24. The number of rotatable bonds is 4. The summed E-state index contributed by atoms with van der Waals surface area (Å²) in [4.78, 5) is 4.61. The van der Waals surface area contributed by atoms with E-state index in [2.05, 4.69) is 15.6 Å². The van der Waals surface area contributed by atoms with Crippen LogP contribution in [0.15, 0.2) is 18.2 Å². The number of thiazole rings is 1. The molecule has 2 aromatic rings. The standard InChI is InChI=1S/C14H19N3OS/c1-18-11-2-3-12-13(8-11)19-14(17-12)16-9-10-4-6-15-7-5-10/h2-3,8,10,15H,4-7,9H2,1H3,(H,16,17). The molecule has 2 heterocycles. The molecule has 1 aliphatic rings. The summed E-state index contributed by atoms with van der Waals surface area (Å²) in [7, 11) is 1.69. The minimum atomic E-state index is 0.766. The van der Waals surface area contributed by atoms with E-state index in [4.69, 9.17) is 4.74 Å². The molecule has 1 aliphatic heterocycles. The van der Waals surface area contributed by atoms with Crippen LogP contribution in [0.4, 0.5) is 5.13 Å². The summed E-state index contributed by atoms with van der Waals surface area (Å²) in [5.74, 6) is 1.66. The second-order valence-corrected chi connectivity index (χ2v) is 5.96. The van der Waals surface area contributed by atoms with E-state index in [1.165, 1.54) is 17.5 Å². The predicted octanol–water partition coefficient (Wildman–Crippen LogP) is 2.72. The van der Waals surface area contributed by atoms with Crippen molar-refractivity contribution in [2.45, 2.75) is 12.8 Å². The fourth-order valence-corrected chi connectivity index (χ4v) is 3.33. The maximum atomic E-state index is 5.24. The number of anilines is 1. The molecular formula is C14H19N3OS. The Balaban J connectivity index is 1.67. The summed E-state index contributed by atoms with van der Waals surface area (Å²) < 4.78 is 6.41. The highest BCUT2D eigenvalue weighted by atomic mass is 32.1. The van der Waals surface area contributed by atoms with Gasteiger partial charge in [-0.25, -0.2) is 4.98 Å². The third kappa shape index (κ3) is 2.98. The zero-order valence-corrected chi connectivity index (χ0v) is 11.9. The first-order valence-corrected chi connectivity index (χ1v) is 7.56. The molecule has 2 N–H and O–H groups in total. The Morgan fingerprint density at radius 2 is 2.26 bits per heavy atom. The average Bonchev–Trinajstić information content (AvgIpc) is 2.88. The summed E-state index contributed by atoms with van der Waals surface area (Å²) in [5.41, 5.74) is 1.04. The maximum Gasteiger partial charge on any atom is 0.183 e. The van der Waals surface area contributed by atoms with Crippen LogP contribution in [-0.4, -0.2) is 31.7 Å². The molecule has 0 amide bonds. The summed E-state index contributed by atoms with van der Waals surface area (Å²) >= 11 is 1.70. The van der Waals surface area contributed by atoms with Gasteiger partial charge in [-0.2, -0.15) is 0 Å². The normalized spacial score (nSPS) is 16.7. The lowest BCUT2D eigenvalue weighted by atomic mass is 9.98. The molecule has 0 saturated carbocycles. The van der Waals surface area contributed by atoms with Gasteiger partial charge in [0, 0.05) is 6.54 Å². The van der Waals surface area contributed by atoms with Gasteiger partial charge >= 0.3 is 0 Å². The van der Waals surface area contributed by atoms with Gasteiger partial charge in [0.2, 0.25) is 0 Å². The molecule has 0 bridgehead atoms. The lowest BCUT2D eigenvalue weighted by Crippen LogP contribution is -2.31. The Morgan fingerprint density at radius 3 is 3.05 bits per heavy atom. The van der Waals surface area contributed by atoms with E-state index in [1.807, 2.05) is 18.2 Å². The van der Waals surface area contributed by atoms with E-state index in [9.17, 15) is 0 Å². The van der Waals surface area contributed by atoms with E-state index in [-0.39, 0.29) is 0 Å². The first-order chi connectivity index (χ1) is 9.35. The number of methoxy groups -OCH3 is 1. The predicted molar refractivity (Wildman–Crippen MR) is 80.3 cm³/mol. The van der Waals surface area contributed by atoms with Crippen molar-refractivity contribution in [3.05, 3.63) is 18.2 Å². The summed E-state index contributed by atoms with van der Waals surface area (Å²) in [5, 5.41) is 7.89. The highest BCUT2D eigenvalue weighted by Gasteiger charge is 2.13. The van der Waals surface area contributed by atoms with Gasteiger partial charge in [-0.15, -0.1) is 0 Å². The van der Waals surface area contributed by atoms with Gasteiger partial charge in [0.05, 0.1) is 17.3 Å². The fraction of sp³-hybridized carbons (Fsp3) is 0.500. The highest BCUT2D eigenvalue weighted by molar-refractivity contribution is 7.22. The molecule has 1 aromatic carbocycles. The molecule has 0 unspecified atom stereocenters. The Labute approximate surface area is 117 Å². The molecule has 19 heavy (non-hydrogen) atoms. The number of piperidine rings is 1. The number of nitrogens with one attached hydrogen (secondary N) is 2. The molecule has 0 radical (unpaired) electrons. The van der Waals surface area contributed by atoms with Crippen LogP contribution in [0, 0.1) is 5.92 Å². The van der Waals surface area contributed by atoms with Crippen LogP contribution < -0.4 is 15.4 Å². The van der Waals surface area contributed by atoms with Crippen molar-refractivity contribution >= 4 is 26.7 Å². The molecule has 0 spiro atoms. The quantitative estimate of drug-likeness (QED) is 0.902. The first kappa shape index (κ1) is 12.7. The third-order valence-corrected chi connectivity index (χ3v) is 4.57. The lowest BCUT2D eigenvalue weighted by Gasteiger charge is -2.22. The number of benzene rings is 1. The second-order valence-electron chi connectivity index (χ2n) is 4.93. The van der Waals surface area contributed by atoms with Crippen LogP contribution in [0.3, 0.4) is 0 Å². The Hall–Kier alpha value is -1.33. The molecule has 3 rings (SSSR count). The van der Waals surface area contributed by atoms with Gasteiger partial charge in [0.15, 0.2) is 5.13 Å². The van der Waals surface area contributed by atoms with Crippen molar-refractivity contribution in [2.24, 2.45) is 5.92 Å². The van der Waals surface area contributed by atoms with Gasteiger partial charge in [-0.1, -0.05) is 11.3 Å². The molecular weight excluding hydrogens is 258 g/mol. The molecule has 0 atom stereocenters. The van der Waals surface area contributed by atoms with Crippen molar-refractivity contribution in [2.75, 3.05) is 32.1 Å². The van der Waals surface area contributed by atoms with Crippen molar-refractivity contribution in [3.8, 4) is 5.75 Å². The Kier molecular flexibility index (Phi) is 3.84. The Bertz CT molecular complexity index is 549. The third-order valence-electron chi connectivity index (χ3n) is 3.60. The molecule has 0 aliphatic carbocycles. The van der Waals surface area contributed by atoms with E-state index in [1.54, 1.807) is 18.4 Å². The van der Waals surface area contributed by atoms with Gasteiger partial charge in [-0.3, -0.25) is 0 Å². The topological polar surface area (TPSA) is 46.2 Å². The largest absolute Gasteiger partial charge is 0.497 e. The van der Waals surface area contributed by atoms with Crippen molar-refractivity contribution in [1.29, 1.82) is 0 Å². The summed E-state index contributed by atoms with van der Waals surface area (Å²) in [6, 6.07) is 6.02. The second kappa shape index (κ2) is 5.75. The lowest BCUT2D eigenvalue weighted by molar-refractivity contribution is 0.390. The molecule has 1 saturated heterocycles. The van der Waals surface area contributed by atoms with E-state index in [0.717, 1.165) is 41.9 Å². The fourth-order valence-electron chi connectivity index (χ4n) is 2.43. The molecule has 4 nitrogen and oxygen atoms in total. The minimum absolute atomic E-state index is 0.766. The van der Waals surface area contributed by atoms with Gasteiger partial charge in [-0.05, 0) is 50.0 Å². The zero-order chi connectivity index (χ0) is 13.1. The number of aromatic nitrogens is 1. The number of fused-ring (bicyclic) bond motifs is 1. The van der Waals surface area contributed by atoms with E-state index < -0.39 is 0 Å². The van der Waals surface area contributed by atoms with Gasteiger partial charge in [0.1, 0.15) is 5.75 Å². The van der Waals surface area contributed by atoms with Crippen LogP contribution in [0.5, 0.6) is 5.75 Å². The average molecular weight is 277 g/mol. The smallest absolute Gasteiger partial charge is 0.183 e. The number of nitrogens with zero attached hydrogens (tertiary/aromatic N) is 1. The molecule has 102 valence electrons. The van der Waals surface area contributed by atoms with E-state index >= 15 is 0 Å². The van der Waals surface area contributed by atoms with Crippen molar-refractivity contribution in [1.82, 2.24) is 10.3 Å². The SMILES string of the molecule is COc1ccc2nc(NCC3CCNCC3)sc2c1. The summed E-state index contributed by atoms with van der Waals surface area (Å²) in [6.07, 6.45) is 2.51. The zero-order valence-electron chi connectivity index (χ0n) is 11.1. The first-order valence-electron chi connectivity index (χ1n) is 6.74. The van der Waals surface area contributed by atoms with Crippen LogP contribution in [0.25, 0.3) is 10.2 Å². The monoisotopic (exact) mass is 277 g/mol. The number of ether oxygens (including phenoxy) is 1. The highest BCUT2D eigenvalue weighted by Crippen LogP contribution is 2.29. The summed E-state index contributed by atoms with van der Waals surface area (Å²) in [6.45, 7) is 3.31. The van der Waals surface area contributed by atoms with Crippen molar-refractivity contribution in [3.63, 3.8) is 0 Å². The minimum Gasteiger partial charge on any atom is -0.497 e. The van der Waals surface area contributed by atoms with E-state index in [0.29, 0.717) is 0 Å². The molecule has 1 aromatic heterocycles. The number of hydrogen-bond acceptors (Lipinski definition) is 5. The van der Waals surface area contributed by atoms with Gasteiger partial charge < -0.3 is 15.4 Å². The Morgan fingerprint density at radius 1 is 1.42 bits per heavy atom. The van der Waals surface area contributed by atoms with Crippen LogP contribution >= 0.6 is 11.3 Å². The van der Waals surface area contributed by atoms with Crippen LogP contribution in [0.1, 0.15) is 12.8 Å².